The third-order valence-corrected chi connectivity index (χ3v) is 3.30. The summed E-state index contributed by atoms with van der Waals surface area (Å²) in [5, 5.41) is 3.43. The zero-order valence-corrected chi connectivity index (χ0v) is 13.9. The third kappa shape index (κ3) is 7.37. The van der Waals surface area contributed by atoms with E-state index in [2.05, 4.69) is 32.2 Å². The first-order valence-corrected chi connectivity index (χ1v) is 8.41. The average molecular weight is 293 g/mol. The van der Waals surface area contributed by atoms with Crippen LogP contribution < -0.4 is 14.8 Å². The summed E-state index contributed by atoms with van der Waals surface area (Å²) in [6, 6.07) is 6.20. The second-order valence-corrected chi connectivity index (χ2v) is 5.35. The number of hydrogen-bond donors (Lipinski definition) is 1. The van der Waals surface area contributed by atoms with Crippen molar-refractivity contribution in [3.63, 3.8) is 0 Å². The van der Waals surface area contributed by atoms with Crippen LogP contribution in [0.4, 0.5) is 0 Å². The fourth-order valence-electron chi connectivity index (χ4n) is 1.97. The number of nitrogens with one attached hydrogen (secondary N) is 1. The molecule has 0 bridgehead atoms. The fourth-order valence-corrected chi connectivity index (χ4v) is 1.97. The summed E-state index contributed by atoms with van der Waals surface area (Å²) in [5.74, 6) is 1.87. The first-order chi connectivity index (χ1) is 10.3. The topological polar surface area (TPSA) is 30.5 Å². The second kappa shape index (κ2) is 11.4. The summed E-state index contributed by atoms with van der Waals surface area (Å²) in [5.41, 5.74) is 1.21. The molecule has 120 valence electrons. The molecule has 0 saturated heterocycles. The van der Waals surface area contributed by atoms with Crippen LogP contribution in [-0.4, -0.2) is 19.8 Å². The fraction of sp³-hybridized carbons (Fsp3) is 0.667. The lowest BCUT2D eigenvalue weighted by Gasteiger charge is -2.14. The van der Waals surface area contributed by atoms with Crippen molar-refractivity contribution in [3.8, 4) is 11.5 Å². The maximum absolute atomic E-state index is 5.94. The molecule has 0 aliphatic rings. The molecule has 0 atom stereocenters. The maximum atomic E-state index is 5.94. The van der Waals surface area contributed by atoms with E-state index in [-0.39, 0.29) is 0 Å². The third-order valence-electron chi connectivity index (χ3n) is 3.30. The Hall–Kier alpha value is -1.22. The van der Waals surface area contributed by atoms with Crippen molar-refractivity contribution < 1.29 is 9.47 Å². The van der Waals surface area contributed by atoms with E-state index in [4.69, 9.17) is 9.47 Å². The van der Waals surface area contributed by atoms with Gasteiger partial charge in [0, 0.05) is 18.2 Å². The normalized spacial score (nSPS) is 10.6. The number of ether oxygens (including phenoxy) is 2. The van der Waals surface area contributed by atoms with Crippen LogP contribution in [-0.2, 0) is 6.54 Å². The van der Waals surface area contributed by atoms with Crippen molar-refractivity contribution in [2.75, 3.05) is 19.8 Å². The highest BCUT2D eigenvalue weighted by Crippen LogP contribution is 2.25. The predicted molar refractivity (Wildman–Crippen MR) is 89.2 cm³/mol. The standard InChI is InChI=1S/C18H31NO2/c1-4-7-12-20-17-10-9-16(15-19-11-6-3)18(14-17)21-13-8-5-2/h9-10,14,19H,4-8,11-13,15H2,1-3H3. The molecule has 0 spiro atoms. The van der Waals surface area contributed by atoms with E-state index in [0.717, 1.165) is 69.9 Å². The maximum Gasteiger partial charge on any atom is 0.127 e. The SMILES string of the molecule is CCCCOc1ccc(CNCCC)c(OCCCC)c1. The average Bonchev–Trinajstić information content (AvgIpc) is 2.50. The Morgan fingerprint density at radius 2 is 1.62 bits per heavy atom. The molecule has 0 aromatic heterocycles. The molecule has 1 aromatic carbocycles. The van der Waals surface area contributed by atoms with E-state index in [1.165, 1.54) is 5.56 Å². The van der Waals surface area contributed by atoms with Gasteiger partial charge in [-0.05, 0) is 31.9 Å². The molecule has 0 amide bonds. The molecule has 0 heterocycles. The lowest BCUT2D eigenvalue weighted by atomic mass is 10.2. The van der Waals surface area contributed by atoms with Crippen molar-refractivity contribution in [2.24, 2.45) is 0 Å². The van der Waals surface area contributed by atoms with Crippen molar-refractivity contribution in [2.45, 2.75) is 59.4 Å². The van der Waals surface area contributed by atoms with Gasteiger partial charge in [-0.2, -0.15) is 0 Å². The molecule has 3 heteroatoms. The Balaban J connectivity index is 2.65. The second-order valence-electron chi connectivity index (χ2n) is 5.35. The van der Waals surface area contributed by atoms with Gasteiger partial charge in [-0.3, -0.25) is 0 Å². The number of benzene rings is 1. The van der Waals surface area contributed by atoms with E-state index in [0.29, 0.717) is 0 Å². The lowest BCUT2D eigenvalue weighted by Crippen LogP contribution is -2.15. The van der Waals surface area contributed by atoms with Gasteiger partial charge in [0.05, 0.1) is 13.2 Å². The molecule has 0 aliphatic carbocycles. The van der Waals surface area contributed by atoms with E-state index in [1.807, 2.05) is 12.1 Å². The molecule has 0 aliphatic heterocycles. The summed E-state index contributed by atoms with van der Waals surface area (Å²) in [7, 11) is 0. The number of hydrogen-bond acceptors (Lipinski definition) is 3. The molecule has 1 rings (SSSR count). The van der Waals surface area contributed by atoms with Gasteiger partial charge in [0.15, 0.2) is 0 Å². The summed E-state index contributed by atoms with van der Waals surface area (Å²) < 4.78 is 11.7. The molecular formula is C18H31NO2. The molecule has 0 saturated carbocycles. The van der Waals surface area contributed by atoms with Crippen molar-refractivity contribution >= 4 is 0 Å². The van der Waals surface area contributed by atoms with Crippen LogP contribution in [0.1, 0.15) is 58.4 Å². The molecule has 1 N–H and O–H groups in total. The highest BCUT2D eigenvalue weighted by atomic mass is 16.5. The van der Waals surface area contributed by atoms with Crippen LogP contribution in [0.25, 0.3) is 0 Å². The van der Waals surface area contributed by atoms with E-state index in [1.54, 1.807) is 0 Å². The van der Waals surface area contributed by atoms with Gasteiger partial charge in [-0.1, -0.05) is 39.7 Å². The Morgan fingerprint density at radius 1 is 0.905 bits per heavy atom. The Morgan fingerprint density at radius 3 is 2.29 bits per heavy atom. The quantitative estimate of drug-likeness (QED) is 0.574. The van der Waals surface area contributed by atoms with Crippen LogP contribution in [0.2, 0.25) is 0 Å². The van der Waals surface area contributed by atoms with Crippen molar-refractivity contribution in [1.29, 1.82) is 0 Å². The van der Waals surface area contributed by atoms with Crippen LogP contribution in [0.3, 0.4) is 0 Å². The van der Waals surface area contributed by atoms with Gasteiger partial charge in [0.25, 0.3) is 0 Å². The number of rotatable bonds is 12. The summed E-state index contributed by atoms with van der Waals surface area (Å²) in [6.45, 7) is 9.96. The monoisotopic (exact) mass is 293 g/mol. The van der Waals surface area contributed by atoms with Crippen molar-refractivity contribution in [3.05, 3.63) is 23.8 Å². The van der Waals surface area contributed by atoms with Gasteiger partial charge >= 0.3 is 0 Å². The molecule has 0 unspecified atom stereocenters. The van der Waals surface area contributed by atoms with Gasteiger partial charge in [0.2, 0.25) is 0 Å². The summed E-state index contributed by atoms with van der Waals surface area (Å²) in [6.07, 6.45) is 5.62. The Bertz CT molecular complexity index is 379. The van der Waals surface area contributed by atoms with Crippen molar-refractivity contribution in [1.82, 2.24) is 5.32 Å². The zero-order valence-electron chi connectivity index (χ0n) is 13.9. The van der Waals surface area contributed by atoms with Gasteiger partial charge < -0.3 is 14.8 Å². The first kappa shape index (κ1) is 17.8. The van der Waals surface area contributed by atoms with Crippen LogP contribution in [0.5, 0.6) is 11.5 Å². The molecule has 1 aromatic rings. The molecule has 0 radical (unpaired) electrons. The highest BCUT2D eigenvalue weighted by molar-refractivity contribution is 5.40. The van der Waals surface area contributed by atoms with E-state index < -0.39 is 0 Å². The minimum absolute atomic E-state index is 0.774. The van der Waals surface area contributed by atoms with Gasteiger partial charge in [0.1, 0.15) is 11.5 Å². The number of unbranched alkanes of at least 4 members (excludes halogenated alkanes) is 2. The summed E-state index contributed by atoms with van der Waals surface area (Å²) in [4.78, 5) is 0. The predicted octanol–water partition coefficient (Wildman–Crippen LogP) is 4.54. The first-order valence-electron chi connectivity index (χ1n) is 8.41. The Labute approximate surface area is 130 Å². The smallest absolute Gasteiger partial charge is 0.127 e. The minimum Gasteiger partial charge on any atom is -0.493 e. The minimum atomic E-state index is 0.774. The van der Waals surface area contributed by atoms with Crippen LogP contribution in [0, 0.1) is 0 Å². The summed E-state index contributed by atoms with van der Waals surface area (Å²) >= 11 is 0. The molecular weight excluding hydrogens is 262 g/mol. The molecule has 21 heavy (non-hydrogen) atoms. The van der Waals surface area contributed by atoms with Crippen LogP contribution >= 0.6 is 0 Å². The molecule has 0 fully saturated rings. The molecule has 3 nitrogen and oxygen atoms in total. The largest absolute Gasteiger partial charge is 0.493 e. The van der Waals surface area contributed by atoms with Gasteiger partial charge in [-0.25, -0.2) is 0 Å². The van der Waals surface area contributed by atoms with E-state index >= 15 is 0 Å². The Kier molecular flexibility index (Phi) is 9.71. The van der Waals surface area contributed by atoms with E-state index in [9.17, 15) is 0 Å². The van der Waals surface area contributed by atoms with Crippen LogP contribution in [0.15, 0.2) is 18.2 Å². The lowest BCUT2D eigenvalue weighted by molar-refractivity contribution is 0.291. The highest BCUT2D eigenvalue weighted by Gasteiger charge is 2.06. The van der Waals surface area contributed by atoms with Gasteiger partial charge in [-0.15, -0.1) is 0 Å². The zero-order chi connectivity index (χ0) is 15.3.